The Hall–Kier alpha value is -2.27. The fourth-order valence-electron chi connectivity index (χ4n) is 3.74. The van der Waals surface area contributed by atoms with Crippen LogP contribution in [-0.4, -0.2) is 39.0 Å². The van der Waals surface area contributed by atoms with Crippen molar-refractivity contribution in [2.45, 2.75) is 21.5 Å². The first-order chi connectivity index (χ1) is 15.5. The summed E-state index contributed by atoms with van der Waals surface area (Å²) in [4.78, 5) is 0.234. The quantitative estimate of drug-likeness (QED) is 0.249. The molecule has 3 aromatic rings. The Morgan fingerprint density at radius 2 is 1.62 bits per heavy atom. The molecule has 4 rings (SSSR count). The number of sulfonamides is 1. The molecule has 0 saturated carbocycles. The molecule has 2 atom stereocenters. The van der Waals surface area contributed by atoms with Gasteiger partial charge in [0.05, 0.1) is 17.2 Å². The standard InChI is InChI=1S/C24H25IN4O2S/c1-26-24(28-32(30,31)21-14-12-18(16-25)13-15-21)29-17-22(19-8-4-2-5-9-19)23(27-29)20-10-6-3-7-11-20/h2-15,22,24,26,28H,16-17H2,1H3. The maximum Gasteiger partial charge on any atom is 0.243 e. The van der Waals surface area contributed by atoms with Crippen LogP contribution in [-0.2, 0) is 14.5 Å². The first kappa shape index (κ1) is 22.9. The molecule has 0 bridgehead atoms. The minimum atomic E-state index is -3.72. The largest absolute Gasteiger partial charge is 0.286 e. The Balaban J connectivity index is 1.62. The summed E-state index contributed by atoms with van der Waals surface area (Å²) in [7, 11) is -2.00. The molecule has 0 aliphatic carbocycles. The highest BCUT2D eigenvalue weighted by Gasteiger charge is 2.34. The fraction of sp³-hybridized carbons (Fsp3) is 0.208. The van der Waals surface area contributed by atoms with Crippen molar-refractivity contribution in [3.05, 3.63) is 102 Å². The SMILES string of the molecule is CNC(NS(=O)(=O)c1ccc(CI)cc1)N1CC(c2ccccc2)C(c2ccccc2)=N1. The minimum absolute atomic E-state index is 0.0295. The molecule has 2 unspecified atom stereocenters. The zero-order valence-electron chi connectivity index (χ0n) is 17.6. The Kier molecular flexibility index (Phi) is 7.24. The lowest BCUT2D eigenvalue weighted by Crippen LogP contribution is -2.53. The van der Waals surface area contributed by atoms with Gasteiger partial charge in [0.15, 0.2) is 6.29 Å². The lowest BCUT2D eigenvalue weighted by atomic mass is 9.91. The summed E-state index contributed by atoms with van der Waals surface area (Å²) in [5.74, 6) is 0.0295. The fourth-order valence-corrected chi connectivity index (χ4v) is 5.42. The molecule has 3 aromatic carbocycles. The van der Waals surface area contributed by atoms with E-state index in [2.05, 4.69) is 44.8 Å². The van der Waals surface area contributed by atoms with Crippen LogP contribution in [0.3, 0.4) is 0 Å². The Morgan fingerprint density at radius 1 is 1.00 bits per heavy atom. The molecule has 32 heavy (non-hydrogen) atoms. The average Bonchev–Trinajstić information content (AvgIpc) is 3.29. The van der Waals surface area contributed by atoms with E-state index in [1.54, 1.807) is 24.2 Å². The lowest BCUT2D eigenvalue weighted by Gasteiger charge is -2.27. The van der Waals surface area contributed by atoms with Crippen molar-refractivity contribution in [1.29, 1.82) is 0 Å². The van der Waals surface area contributed by atoms with Gasteiger partial charge in [0.1, 0.15) is 0 Å². The van der Waals surface area contributed by atoms with Crippen LogP contribution in [0.25, 0.3) is 0 Å². The number of nitrogens with zero attached hydrogens (tertiary/aromatic N) is 2. The van der Waals surface area contributed by atoms with Crippen molar-refractivity contribution < 1.29 is 8.42 Å². The van der Waals surface area contributed by atoms with E-state index in [1.165, 1.54) is 0 Å². The van der Waals surface area contributed by atoms with Crippen LogP contribution < -0.4 is 10.0 Å². The Morgan fingerprint density at radius 3 is 2.22 bits per heavy atom. The van der Waals surface area contributed by atoms with Crippen molar-refractivity contribution in [2.24, 2.45) is 5.10 Å². The molecule has 8 heteroatoms. The number of hydrazone groups is 1. The van der Waals surface area contributed by atoms with E-state index in [4.69, 9.17) is 5.10 Å². The molecule has 0 spiro atoms. The van der Waals surface area contributed by atoms with Crippen LogP contribution in [0.5, 0.6) is 0 Å². The number of hydrogen-bond donors (Lipinski definition) is 2. The summed E-state index contributed by atoms with van der Waals surface area (Å²) in [6, 6.07) is 27.1. The van der Waals surface area contributed by atoms with E-state index in [9.17, 15) is 8.42 Å². The molecule has 0 radical (unpaired) electrons. The highest BCUT2D eigenvalue weighted by molar-refractivity contribution is 14.1. The zero-order chi connectivity index (χ0) is 22.6. The van der Waals surface area contributed by atoms with Gasteiger partial charge >= 0.3 is 0 Å². The average molecular weight is 560 g/mol. The van der Waals surface area contributed by atoms with Gasteiger partial charge in [-0.1, -0.05) is 95.4 Å². The summed E-state index contributed by atoms with van der Waals surface area (Å²) in [6.07, 6.45) is -0.684. The molecular formula is C24H25IN4O2S. The summed E-state index contributed by atoms with van der Waals surface area (Å²) in [5.41, 5.74) is 4.17. The van der Waals surface area contributed by atoms with E-state index >= 15 is 0 Å². The molecule has 0 amide bonds. The van der Waals surface area contributed by atoms with Crippen LogP contribution in [0.1, 0.15) is 22.6 Å². The van der Waals surface area contributed by atoms with Crippen LogP contribution in [0.2, 0.25) is 0 Å². The smallest absolute Gasteiger partial charge is 0.243 e. The maximum atomic E-state index is 13.0. The molecule has 0 saturated heterocycles. The molecular weight excluding hydrogens is 535 g/mol. The molecule has 1 heterocycles. The van der Waals surface area contributed by atoms with Crippen molar-refractivity contribution in [3.8, 4) is 0 Å². The highest BCUT2D eigenvalue weighted by Crippen LogP contribution is 2.29. The van der Waals surface area contributed by atoms with E-state index in [0.29, 0.717) is 6.54 Å². The molecule has 6 nitrogen and oxygen atoms in total. The number of halogens is 1. The summed E-state index contributed by atoms with van der Waals surface area (Å²) in [5, 5.41) is 9.69. The monoisotopic (exact) mass is 560 g/mol. The van der Waals surface area contributed by atoms with Gasteiger partial charge in [-0.15, -0.1) is 0 Å². The van der Waals surface area contributed by atoms with Crippen LogP contribution in [0.4, 0.5) is 0 Å². The molecule has 0 aromatic heterocycles. The molecule has 1 aliphatic rings. The summed E-state index contributed by atoms with van der Waals surface area (Å²) < 4.78 is 29.7. The van der Waals surface area contributed by atoms with Crippen molar-refractivity contribution in [3.63, 3.8) is 0 Å². The predicted octanol–water partition coefficient (Wildman–Crippen LogP) is 3.91. The van der Waals surface area contributed by atoms with Gasteiger partial charge in [0, 0.05) is 10.3 Å². The van der Waals surface area contributed by atoms with Gasteiger partial charge in [-0.25, -0.2) is 8.42 Å². The van der Waals surface area contributed by atoms with Crippen LogP contribution >= 0.6 is 22.6 Å². The normalized spacial score (nSPS) is 17.2. The maximum absolute atomic E-state index is 13.0. The van der Waals surface area contributed by atoms with Gasteiger partial charge in [-0.05, 0) is 35.9 Å². The predicted molar refractivity (Wildman–Crippen MR) is 136 cm³/mol. The van der Waals surface area contributed by atoms with Gasteiger partial charge < -0.3 is 0 Å². The Labute approximate surface area is 202 Å². The summed E-state index contributed by atoms with van der Waals surface area (Å²) in [6.45, 7) is 0.552. The third kappa shape index (κ3) is 5.03. The molecule has 166 valence electrons. The van der Waals surface area contributed by atoms with Gasteiger partial charge in [0.2, 0.25) is 10.0 Å². The second kappa shape index (κ2) is 10.1. The zero-order valence-corrected chi connectivity index (χ0v) is 20.6. The number of hydrogen-bond acceptors (Lipinski definition) is 5. The lowest BCUT2D eigenvalue weighted by molar-refractivity contribution is 0.182. The number of rotatable bonds is 8. The third-order valence-corrected chi connectivity index (χ3v) is 7.74. The topological polar surface area (TPSA) is 73.8 Å². The number of alkyl halides is 1. The first-order valence-corrected chi connectivity index (χ1v) is 13.3. The molecule has 2 N–H and O–H groups in total. The number of nitrogens with one attached hydrogen (secondary N) is 2. The highest BCUT2D eigenvalue weighted by atomic mass is 127. The van der Waals surface area contributed by atoms with E-state index in [1.807, 2.05) is 60.7 Å². The van der Waals surface area contributed by atoms with Crippen molar-refractivity contribution >= 4 is 38.3 Å². The number of benzene rings is 3. The summed E-state index contributed by atoms with van der Waals surface area (Å²) >= 11 is 2.25. The first-order valence-electron chi connectivity index (χ1n) is 10.3. The van der Waals surface area contributed by atoms with Gasteiger partial charge in [-0.2, -0.15) is 9.82 Å². The van der Waals surface area contributed by atoms with Crippen LogP contribution in [0, 0.1) is 0 Å². The third-order valence-electron chi connectivity index (χ3n) is 5.43. The van der Waals surface area contributed by atoms with Crippen molar-refractivity contribution in [1.82, 2.24) is 15.0 Å². The second-order valence-electron chi connectivity index (χ2n) is 7.53. The van der Waals surface area contributed by atoms with E-state index in [0.717, 1.165) is 26.8 Å². The van der Waals surface area contributed by atoms with Gasteiger partial charge in [-0.3, -0.25) is 10.3 Å². The second-order valence-corrected chi connectivity index (χ2v) is 10.0. The van der Waals surface area contributed by atoms with E-state index < -0.39 is 16.3 Å². The minimum Gasteiger partial charge on any atom is -0.286 e. The van der Waals surface area contributed by atoms with Crippen LogP contribution in [0.15, 0.2) is 94.9 Å². The van der Waals surface area contributed by atoms with Gasteiger partial charge in [0.25, 0.3) is 0 Å². The molecule has 0 fully saturated rings. The molecule has 1 aliphatic heterocycles. The van der Waals surface area contributed by atoms with E-state index in [-0.39, 0.29) is 10.8 Å². The Bertz CT molecular complexity index is 1170. The van der Waals surface area contributed by atoms with Crippen molar-refractivity contribution in [2.75, 3.05) is 13.6 Å².